The molecular formula is C23H26N2O3S. The lowest BCUT2D eigenvalue weighted by molar-refractivity contribution is -0.121. The summed E-state index contributed by atoms with van der Waals surface area (Å²) in [4.78, 5) is 19.6. The molecule has 1 aliphatic rings. The molecule has 0 N–H and O–H groups in total. The van der Waals surface area contributed by atoms with Crippen LogP contribution in [0, 0.1) is 12.8 Å². The minimum Gasteiger partial charge on any atom is -0.493 e. The summed E-state index contributed by atoms with van der Waals surface area (Å²) in [5.74, 6) is 1.59. The number of nitrogens with zero attached hydrogens (tertiary/aromatic N) is 2. The first-order valence-electron chi connectivity index (χ1n) is 9.51. The number of hydrogen-bond donors (Lipinski definition) is 0. The lowest BCUT2D eigenvalue weighted by Gasteiger charge is -2.15. The molecule has 0 spiro atoms. The fraction of sp³-hybridized carbons (Fsp3) is 0.304. The molecule has 3 rings (SSSR count). The highest BCUT2D eigenvalue weighted by atomic mass is 32.2. The Morgan fingerprint density at radius 1 is 1.17 bits per heavy atom. The van der Waals surface area contributed by atoms with Crippen LogP contribution in [0.3, 0.4) is 0 Å². The summed E-state index contributed by atoms with van der Waals surface area (Å²) >= 11 is 1.36. The Balaban J connectivity index is 1.92. The van der Waals surface area contributed by atoms with Gasteiger partial charge < -0.3 is 9.47 Å². The topological polar surface area (TPSA) is 51.1 Å². The van der Waals surface area contributed by atoms with Crippen molar-refractivity contribution in [3.8, 4) is 11.5 Å². The maximum atomic E-state index is 12.8. The van der Waals surface area contributed by atoms with E-state index in [-0.39, 0.29) is 5.91 Å². The fourth-order valence-corrected chi connectivity index (χ4v) is 3.71. The fourth-order valence-electron chi connectivity index (χ4n) is 2.73. The van der Waals surface area contributed by atoms with Crippen molar-refractivity contribution >= 4 is 34.6 Å². The van der Waals surface area contributed by atoms with E-state index in [1.165, 1.54) is 17.3 Å². The third kappa shape index (κ3) is 5.01. The quantitative estimate of drug-likeness (QED) is 0.609. The maximum absolute atomic E-state index is 12.8. The Labute approximate surface area is 176 Å². The van der Waals surface area contributed by atoms with Crippen LogP contribution in [0.2, 0.25) is 0 Å². The number of rotatable bonds is 6. The Bertz CT molecular complexity index is 949. The van der Waals surface area contributed by atoms with Gasteiger partial charge in [-0.3, -0.25) is 9.69 Å². The Kier molecular flexibility index (Phi) is 6.64. The number of aryl methyl sites for hydroxylation is 1. The predicted octanol–water partition coefficient (Wildman–Crippen LogP) is 5.27. The van der Waals surface area contributed by atoms with Gasteiger partial charge in [-0.2, -0.15) is 0 Å². The van der Waals surface area contributed by atoms with Crippen LogP contribution in [0.15, 0.2) is 52.4 Å². The van der Waals surface area contributed by atoms with E-state index < -0.39 is 0 Å². The molecule has 1 aliphatic heterocycles. The third-order valence-electron chi connectivity index (χ3n) is 4.34. The minimum atomic E-state index is -0.0847. The van der Waals surface area contributed by atoms with Crippen molar-refractivity contribution < 1.29 is 14.3 Å². The van der Waals surface area contributed by atoms with Crippen LogP contribution in [0.5, 0.6) is 11.5 Å². The number of amidine groups is 1. The molecule has 2 aromatic carbocycles. The van der Waals surface area contributed by atoms with Gasteiger partial charge in [0.25, 0.3) is 5.91 Å². The lowest BCUT2D eigenvalue weighted by atomic mass is 10.1. The van der Waals surface area contributed by atoms with Gasteiger partial charge in [-0.1, -0.05) is 43.7 Å². The van der Waals surface area contributed by atoms with Crippen LogP contribution in [0.1, 0.15) is 25.0 Å². The first kappa shape index (κ1) is 21.0. The molecule has 5 nitrogen and oxygen atoms in total. The number of carbonyl (C=O) groups excluding carboxylic acids is 1. The largest absolute Gasteiger partial charge is 0.493 e. The molecule has 1 fully saturated rings. The van der Waals surface area contributed by atoms with E-state index in [1.54, 1.807) is 19.1 Å². The van der Waals surface area contributed by atoms with Gasteiger partial charge in [-0.15, -0.1) is 0 Å². The van der Waals surface area contributed by atoms with Crippen molar-refractivity contribution in [2.75, 3.05) is 20.8 Å². The molecule has 29 heavy (non-hydrogen) atoms. The first-order chi connectivity index (χ1) is 13.9. The van der Waals surface area contributed by atoms with Crippen LogP contribution in [0.25, 0.3) is 6.08 Å². The summed E-state index contributed by atoms with van der Waals surface area (Å²) in [5.41, 5.74) is 2.80. The third-order valence-corrected chi connectivity index (χ3v) is 5.40. The standard InChI is InChI=1S/C23H26N2O3S/c1-15(2)14-28-21-17(7-6-8-19(21)27-5)13-20-22(26)25(4)23(29-20)24-18-11-9-16(3)10-12-18/h6-13,15H,14H2,1-5H3/b20-13+,24-23?. The van der Waals surface area contributed by atoms with E-state index in [2.05, 4.69) is 18.8 Å². The molecule has 2 aromatic rings. The molecule has 0 bridgehead atoms. The van der Waals surface area contributed by atoms with Crippen LogP contribution in [-0.2, 0) is 4.79 Å². The van der Waals surface area contributed by atoms with Gasteiger partial charge in [0.2, 0.25) is 0 Å². The first-order valence-corrected chi connectivity index (χ1v) is 10.3. The molecule has 6 heteroatoms. The Hall–Kier alpha value is -2.73. The molecule has 1 saturated heterocycles. The molecular weight excluding hydrogens is 384 g/mol. The summed E-state index contributed by atoms with van der Waals surface area (Å²) in [6, 6.07) is 13.6. The number of methoxy groups -OCH3 is 1. The predicted molar refractivity (Wildman–Crippen MR) is 120 cm³/mol. The van der Waals surface area contributed by atoms with Crippen molar-refractivity contribution in [2.45, 2.75) is 20.8 Å². The molecule has 0 saturated carbocycles. The molecule has 0 atom stereocenters. The van der Waals surface area contributed by atoms with Gasteiger partial charge in [0.15, 0.2) is 16.7 Å². The number of amides is 1. The molecule has 0 aliphatic carbocycles. The Morgan fingerprint density at radius 2 is 1.90 bits per heavy atom. The highest BCUT2D eigenvalue weighted by molar-refractivity contribution is 8.18. The van der Waals surface area contributed by atoms with E-state index in [1.807, 2.05) is 55.5 Å². The van der Waals surface area contributed by atoms with E-state index in [4.69, 9.17) is 9.47 Å². The SMILES string of the molecule is COc1cccc(/C=C2/SC(=Nc3ccc(C)cc3)N(C)C2=O)c1OCC(C)C. The normalized spacial score (nSPS) is 16.9. The summed E-state index contributed by atoms with van der Waals surface area (Å²) < 4.78 is 11.5. The molecule has 0 unspecified atom stereocenters. The van der Waals surface area contributed by atoms with Gasteiger partial charge in [-0.25, -0.2) is 4.99 Å². The number of hydrogen-bond acceptors (Lipinski definition) is 5. The van der Waals surface area contributed by atoms with Crippen LogP contribution >= 0.6 is 11.8 Å². The highest BCUT2D eigenvalue weighted by Gasteiger charge is 2.30. The minimum absolute atomic E-state index is 0.0847. The Morgan fingerprint density at radius 3 is 2.55 bits per heavy atom. The van der Waals surface area contributed by atoms with E-state index in [0.717, 1.165) is 11.3 Å². The zero-order valence-corrected chi connectivity index (χ0v) is 18.2. The van der Waals surface area contributed by atoms with Crippen molar-refractivity contribution in [3.63, 3.8) is 0 Å². The second-order valence-electron chi connectivity index (χ2n) is 7.29. The zero-order valence-electron chi connectivity index (χ0n) is 17.4. The average molecular weight is 411 g/mol. The highest BCUT2D eigenvalue weighted by Crippen LogP contribution is 2.37. The van der Waals surface area contributed by atoms with Crippen molar-refractivity contribution in [2.24, 2.45) is 10.9 Å². The molecule has 1 amide bonds. The van der Waals surface area contributed by atoms with Crippen molar-refractivity contribution in [1.29, 1.82) is 0 Å². The van der Waals surface area contributed by atoms with Crippen molar-refractivity contribution in [3.05, 3.63) is 58.5 Å². The van der Waals surface area contributed by atoms with Gasteiger partial charge in [0.05, 0.1) is 24.3 Å². The summed E-state index contributed by atoms with van der Waals surface area (Å²) in [6.45, 7) is 6.78. The summed E-state index contributed by atoms with van der Waals surface area (Å²) in [6.07, 6.45) is 1.85. The zero-order chi connectivity index (χ0) is 21.0. The average Bonchev–Trinajstić information content (AvgIpc) is 2.96. The van der Waals surface area contributed by atoms with E-state index >= 15 is 0 Å². The summed E-state index contributed by atoms with van der Waals surface area (Å²) in [5, 5.41) is 0.651. The van der Waals surface area contributed by atoms with E-state index in [9.17, 15) is 4.79 Å². The number of ether oxygens (including phenoxy) is 2. The number of benzene rings is 2. The number of aliphatic imine (C=N–C) groups is 1. The van der Waals surface area contributed by atoms with Crippen molar-refractivity contribution in [1.82, 2.24) is 4.90 Å². The van der Waals surface area contributed by atoms with E-state index in [0.29, 0.717) is 34.1 Å². The maximum Gasteiger partial charge on any atom is 0.266 e. The van der Waals surface area contributed by atoms with Gasteiger partial charge in [-0.05, 0) is 48.9 Å². The second kappa shape index (κ2) is 9.18. The monoisotopic (exact) mass is 410 g/mol. The van der Waals surface area contributed by atoms with Crippen LogP contribution in [-0.4, -0.2) is 36.7 Å². The van der Waals surface area contributed by atoms with Gasteiger partial charge >= 0.3 is 0 Å². The number of para-hydroxylation sites is 1. The smallest absolute Gasteiger partial charge is 0.266 e. The number of likely N-dealkylation sites (N-methyl/N-ethyl adjacent to an activating group) is 1. The second-order valence-corrected chi connectivity index (χ2v) is 8.30. The van der Waals surface area contributed by atoms with Gasteiger partial charge in [0, 0.05) is 12.6 Å². The molecule has 1 heterocycles. The molecule has 0 aromatic heterocycles. The number of thioether (sulfide) groups is 1. The lowest BCUT2D eigenvalue weighted by Crippen LogP contribution is -2.23. The summed E-state index contributed by atoms with van der Waals surface area (Å²) in [7, 11) is 3.36. The number of carbonyl (C=O) groups is 1. The van der Waals surface area contributed by atoms with Gasteiger partial charge in [0.1, 0.15) is 0 Å². The van der Waals surface area contributed by atoms with Crippen LogP contribution in [0.4, 0.5) is 5.69 Å². The molecule has 152 valence electrons. The molecule has 0 radical (unpaired) electrons. The van der Waals surface area contributed by atoms with Crippen LogP contribution < -0.4 is 9.47 Å².